The molecule has 0 aromatic heterocycles. The predicted octanol–water partition coefficient (Wildman–Crippen LogP) is 4.77. The Morgan fingerprint density at radius 1 is 1.27 bits per heavy atom. The molecule has 5 atom stereocenters. The summed E-state index contributed by atoms with van der Waals surface area (Å²) in [6.07, 6.45) is 11.1. The van der Waals surface area contributed by atoms with Crippen molar-refractivity contribution in [3.05, 3.63) is 24.3 Å². The van der Waals surface area contributed by atoms with Crippen LogP contribution in [0.25, 0.3) is 0 Å². The average molecular weight is 423 g/mol. The third kappa shape index (κ3) is 7.99. The smallest absolute Gasteiger partial charge is 0.306 e. The Morgan fingerprint density at radius 2 is 1.93 bits per heavy atom. The van der Waals surface area contributed by atoms with E-state index in [1.54, 1.807) is 6.08 Å². The van der Waals surface area contributed by atoms with Crippen molar-refractivity contribution in [2.24, 2.45) is 29.1 Å². The van der Waals surface area contributed by atoms with Gasteiger partial charge in [0.15, 0.2) is 0 Å². The van der Waals surface area contributed by atoms with Gasteiger partial charge in [-0.15, -0.1) is 0 Å². The van der Waals surface area contributed by atoms with E-state index in [0.717, 1.165) is 19.3 Å². The van der Waals surface area contributed by atoms with Crippen LogP contribution in [0, 0.1) is 29.1 Å². The number of rotatable bonds is 13. The number of aliphatic carboxylic acids is 1. The summed E-state index contributed by atoms with van der Waals surface area (Å²) < 4.78 is 0. The van der Waals surface area contributed by atoms with E-state index >= 15 is 0 Å². The summed E-state index contributed by atoms with van der Waals surface area (Å²) >= 11 is 0. The first kappa shape index (κ1) is 26.6. The minimum absolute atomic E-state index is 0.0483. The van der Waals surface area contributed by atoms with Gasteiger partial charge in [-0.1, -0.05) is 71.8 Å². The minimum Gasteiger partial charge on any atom is -0.481 e. The van der Waals surface area contributed by atoms with E-state index in [-0.39, 0.29) is 41.3 Å². The zero-order chi connectivity index (χ0) is 22.9. The number of allylic oxidation sites excluding steroid dienone is 2. The molecule has 0 radical (unpaired) electrons. The van der Waals surface area contributed by atoms with Gasteiger partial charge in [0.05, 0.1) is 18.1 Å². The second-order valence-electron chi connectivity index (χ2n) is 9.82. The number of carboxylic acids is 1. The Bertz CT molecular complexity index is 605. The maximum Gasteiger partial charge on any atom is 0.306 e. The molecule has 1 fully saturated rings. The van der Waals surface area contributed by atoms with E-state index in [1.807, 2.05) is 45.9 Å². The Balaban J connectivity index is 2.68. The number of unbranched alkanes of at least 4 members (excludes halogenated alkanes) is 1. The number of aliphatic hydroxyl groups is 2. The van der Waals surface area contributed by atoms with Gasteiger partial charge in [-0.3, -0.25) is 9.59 Å². The van der Waals surface area contributed by atoms with Crippen molar-refractivity contribution in [3.63, 3.8) is 0 Å². The van der Waals surface area contributed by atoms with Gasteiger partial charge in [0, 0.05) is 18.3 Å². The standard InChI is InChI=1S/C25H42O5/c1-6-7-15-25(4,5)23(28)14-13-20-19(21(26)16-22(20)27)12-10-8-9-11-18(17(2)3)24(29)30/h8,10,13-14,17-20,22-23,27-28H,6-7,9,11-12,15-16H2,1-5H3,(H,29,30)/b10-8-,14-13+/t18?,19-,20-,22-,23?/m1/s1. The number of hydrogen-bond acceptors (Lipinski definition) is 4. The summed E-state index contributed by atoms with van der Waals surface area (Å²) in [5.74, 6) is -1.58. The second kappa shape index (κ2) is 12.4. The number of carbonyl (C=O) groups is 2. The molecule has 0 aromatic rings. The molecule has 0 saturated heterocycles. The van der Waals surface area contributed by atoms with Gasteiger partial charge < -0.3 is 15.3 Å². The molecule has 0 bridgehead atoms. The molecule has 5 heteroatoms. The van der Waals surface area contributed by atoms with Gasteiger partial charge in [-0.2, -0.15) is 0 Å². The third-order valence-corrected chi connectivity index (χ3v) is 6.55. The summed E-state index contributed by atoms with van der Waals surface area (Å²) in [6.45, 7) is 10.0. The van der Waals surface area contributed by atoms with Crippen molar-refractivity contribution in [1.82, 2.24) is 0 Å². The Labute approximate surface area is 182 Å². The number of carboxylic acid groups (broad SMARTS) is 1. The van der Waals surface area contributed by atoms with Gasteiger partial charge >= 0.3 is 5.97 Å². The topological polar surface area (TPSA) is 94.8 Å². The maximum absolute atomic E-state index is 12.4. The van der Waals surface area contributed by atoms with Crippen molar-refractivity contribution in [3.8, 4) is 0 Å². The van der Waals surface area contributed by atoms with Crippen LogP contribution in [0.1, 0.15) is 79.6 Å². The quantitative estimate of drug-likeness (QED) is 0.372. The van der Waals surface area contributed by atoms with Gasteiger partial charge in [0.25, 0.3) is 0 Å². The van der Waals surface area contributed by atoms with Crippen LogP contribution in [-0.4, -0.2) is 39.3 Å². The highest BCUT2D eigenvalue weighted by Gasteiger charge is 2.39. The van der Waals surface area contributed by atoms with Crippen LogP contribution in [0.4, 0.5) is 0 Å². The number of Topliss-reactive ketones (excluding diaryl/α,β-unsaturated/α-hetero) is 1. The van der Waals surface area contributed by atoms with E-state index < -0.39 is 18.2 Å². The Morgan fingerprint density at radius 3 is 2.50 bits per heavy atom. The normalized spacial score (nSPS) is 24.9. The highest BCUT2D eigenvalue weighted by molar-refractivity contribution is 5.84. The zero-order valence-electron chi connectivity index (χ0n) is 19.4. The van der Waals surface area contributed by atoms with Crippen LogP contribution in [0.15, 0.2) is 24.3 Å². The molecule has 1 rings (SSSR count). The van der Waals surface area contributed by atoms with Crippen LogP contribution < -0.4 is 0 Å². The molecular weight excluding hydrogens is 380 g/mol. The van der Waals surface area contributed by atoms with Crippen LogP contribution in [-0.2, 0) is 9.59 Å². The second-order valence-corrected chi connectivity index (χ2v) is 9.82. The van der Waals surface area contributed by atoms with Crippen molar-refractivity contribution in [2.75, 3.05) is 0 Å². The molecule has 0 aliphatic heterocycles. The third-order valence-electron chi connectivity index (χ3n) is 6.55. The van der Waals surface area contributed by atoms with E-state index in [1.165, 1.54) is 0 Å². The lowest BCUT2D eigenvalue weighted by Crippen LogP contribution is -2.28. The van der Waals surface area contributed by atoms with Crippen LogP contribution in [0.3, 0.4) is 0 Å². The molecule has 3 N–H and O–H groups in total. The molecule has 172 valence electrons. The van der Waals surface area contributed by atoms with Crippen LogP contribution >= 0.6 is 0 Å². The Hall–Kier alpha value is -1.46. The molecule has 0 spiro atoms. The lowest BCUT2D eigenvalue weighted by molar-refractivity contribution is -0.143. The molecule has 1 aliphatic carbocycles. The highest BCUT2D eigenvalue weighted by Crippen LogP contribution is 2.35. The molecule has 30 heavy (non-hydrogen) atoms. The Kier molecular flexibility index (Phi) is 11.0. The monoisotopic (exact) mass is 422 g/mol. The average Bonchev–Trinajstić information content (AvgIpc) is 2.92. The molecule has 0 heterocycles. The van der Waals surface area contributed by atoms with Crippen molar-refractivity contribution in [1.29, 1.82) is 0 Å². The van der Waals surface area contributed by atoms with E-state index in [2.05, 4.69) is 6.92 Å². The van der Waals surface area contributed by atoms with E-state index in [4.69, 9.17) is 0 Å². The summed E-state index contributed by atoms with van der Waals surface area (Å²) in [4.78, 5) is 23.6. The van der Waals surface area contributed by atoms with Gasteiger partial charge in [-0.25, -0.2) is 0 Å². The lowest BCUT2D eigenvalue weighted by atomic mass is 9.80. The molecule has 0 aromatic carbocycles. The van der Waals surface area contributed by atoms with E-state index in [0.29, 0.717) is 19.3 Å². The fourth-order valence-electron chi connectivity index (χ4n) is 4.18. The molecule has 5 nitrogen and oxygen atoms in total. The van der Waals surface area contributed by atoms with Crippen LogP contribution in [0.2, 0.25) is 0 Å². The molecule has 1 aliphatic rings. The van der Waals surface area contributed by atoms with Gasteiger partial charge in [0.2, 0.25) is 0 Å². The molecule has 1 saturated carbocycles. The van der Waals surface area contributed by atoms with Gasteiger partial charge in [0.1, 0.15) is 5.78 Å². The van der Waals surface area contributed by atoms with Crippen molar-refractivity contribution in [2.45, 2.75) is 91.8 Å². The van der Waals surface area contributed by atoms with Crippen molar-refractivity contribution >= 4 is 11.8 Å². The summed E-state index contributed by atoms with van der Waals surface area (Å²) in [6, 6.07) is 0. The number of carbonyl (C=O) groups excluding carboxylic acids is 1. The zero-order valence-corrected chi connectivity index (χ0v) is 19.4. The van der Waals surface area contributed by atoms with Crippen LogP contribution in [0.5, 0.6) is 0 Å². The first-order valence-corrected chi connectivity index (χ1v) is 11.5. The first-order valence-electron chi connectivity index (χ1n) is 11.5. The summed E-state index contributed by atoms with van der Waals surface area (Å²) in [7, 11) is 0. The molecule has 2 unspecified atom stereocenters. The molecular formula is C25H42O5. The first-order chi connectivity index (χ1) is 14.0. The number of ketones is 1. The highest BCUT2D eigenvalue weighted by atomic mass is 16.4. The van der Waals surface area contributed by atoms with Gasteiger partial charge in [-0.05, 0) is 37.0 Å². The maximum atomic E-state index is 12.4. The summed E-state index contributed by atoms with van der Waals surface area (Å²) in [5.41, 5.74) is -0.243. The number of aliphatic hydroxyl groups excluding tert-OH is 2. The predicted molar refractivity (Wildman–Crippen MR) is 120 cm³/mol. The summed E-state index contributed by atoms with van der Waals surface area (Å²) in [5, 5.41) is 30.2. The minimum atomic E-state index is -0.766. The lowest BCUT2D eigenvalue weighted by Gasteiger charge is -2.29. The van der Waals surface area contributed by atoms with E-state index in [9.17, 15) is 24.9 Å². The number of hydrogen-bond donors (Lipinski definition) is 3. The largest absolute Gasteiger partial charge is 0.481 e. The molecule has 0 amide bonds. The fourth-order valence-corrected chi connectivity index (χ4v) is 4.18. The fraction of sp³-hybridized carbons (Fsp3) is 0.760. The van der Waals surface area contributed by atoms with Crippen molar-refractivity contribution < 1.29 is 24.9 Å². The SMILES string of the molecule is CCCCC(C)(C)C(O)/C=C/[C@H]1[C@H](O)CC(=O)[C@@H]1C/C=C\CCC(C(=O)O)C(C)C.